The molecule has 0 spiro atoms. The van der Waals surface area contributed by atoms with Crippen molar-refractivity contribution in [2.75, 3.05) is 18.0 Å². The van der Waals surface area contributed by atoms with Crippen molar-refractivity contribution in [3.63, 3.8) is 0 Å². The number of hydrazone groups is 1. The minimum Gasteiger partial charge on any atom is -0.507 e. The number of nitrogens with zero attached hydrogens (tertiary/aromatic N) is 3. The Hall–Kier alpha value is -3.42. The van der Waals surface area contributed by atoms with Gasteiger partial charge in [0.25, 0.3) is 11.6 Å². The van der Waals surface area contributed by atoms with Gasteiger partial charge in [-0.1, -0.05) is 12.1 Å². The number of para-hydroxylation sites is 1. The zero-order valence-electron chi connectivity index (χ0n) is 14.5. The third-order valence-corrected chi connectivity index (χ3v) is 3.86. The Kier molecular flexibility index (Phi) is 6.26. The van der Waals surface area contributed by atoms with Crippen molar-refractivity contribution >= 4 is 23.5 Å². The number of amides is 1. The molecule has 1 amide bonds. The third-order valence-electron chi connectivity index (χ3n) is 3.86. The summed E-state index contributed by atoms with van der Waals surface area (Å²) in [5, 5.41) is 24.8. The van der Waals surface area contributed by atoms with Crippen LogP contribution in [0.3, 0.4) is 0 Å². The Labute approximate surface area is 150 Å². The van der Waals surface area contributed by atoms with Crippen LogP contribution in [0.15, 0.2) is 47.6 Å². The fourth-order valence-corrected chi connectivity index (χ4v) is 2.47. The van der Waals surface area contributed by atoms with Gasteiger partial charge in [-0.05, 0) is 32.0 Å². The van der Waals surface area contributed by atoms with Crippen LogP contribution in [-0.2, 0) is 0 Å². The second-order valence-electron chi connectivity index (χ2n) is 5.39. The molecule has 0 bridgehead atoms. The number of nitrogens with one attached hydrogen (secondary N) is 1. The van der Waals surface area contributed by atoms with Crippen LogP contribution in [0, 0.1) is 10.1 Å². The molecule has 0 aliphatic rings. The first-order valence-corrected chi connectivity index (χ1v) is 8.12. The molecule has 0 heterocycles. The first kappa shape index (κ1) is 18.9. The normalized spacial score (nSPS) is 10.7. The van der Waals surface area contributed by atoms with Crippen LogP contribution in [0.25, 0.3) is 0 Å². The summed E-state index contributed by atoms with van der Waals surface area (Å²) in [4.78, 5) is 24.5. The number of anilines is 1. The lowest BCUT2D eigenvalue weighted by atomic mass is 10.1. The molecule has 8 heteroatoms. The highest BCUT2D eigenvalue weighted by molar-refractivity contribution is 5.98. The Morgan fingerprint density at radius 1 is 1.27 bits per heavy atom. The summed E-state index contributed by atoms with van der Waals surface area (Å²) in [5.74, 6) is -0.675. The summed E-state index contributed by atoms with van der Waals surface area (Å²) in [6.07, 6.45) is 1.29. The van der Waals surface area contributed by atoms with Gasteiger partial charge in [-0.2, -0.15) is 5.10 Å². The molecule has 8 nitrogen and oxygen atoms in total. The van der Waals surface area contributed by atoms with E-state index < -0.39 is 10.8 Å². The molecule has 0 saturated carbocycles. The first-order chi connectivity index (χ1) is 12.5. The van der Waals surface area contributed by atoms with Gasteiger partial charge in [0.05, 0.1) is 11.1 Å². The van der Waals surface area contributed by atoms with E-state index in [1.807, 2.05) is 19.9 Å². The molecule has 26 heavy (non-hydrogen) atoms. The summed E-state index contributed by atoms with van der Waals surface area (Å²) >= 11 is 0. The molecule has 2 N–H and O–H groups in total. The van der Waals surface area contributed by atoms with E-state index in [1.165, 1.54) is 30.5 Å². The van der Waals surface area contributed by atoms with Crippen LogP contribution in [0.5, 0.6) is 5.75 Å². The molecule has 0 radical (unpaired) electrons. The van der Waals surface area contributed by atoms with E-state index >= 15 is 0 Å². The van der Waals surface area contributed by atoms with Crippen molar-refractivity contribution < 1.29 is 14.8 Å². The molecular weight excluding hydrogens is 336 g/mol. The van der Waals surface area contributed by atoms with E-state index in [0.29, 0.717) is 5.56 Å². The molecule has 0 fully saturated rings. The molecule has 0 aliphatic heterocycles. The molecule has 136 valence electrons. The van der Waals surface area contributed by atoms with Crippen LogP contribution in [0.2, 0.25) is 0 Å². The maximum Gasteiger partial charge on any atom is 0.282 e. The standard InChI is InChI=1S/C18H20N4O4/c1-3-21(4-2)14-10-9-13(17(23)11-14)12-19-20-18(24)15-7-5-6-8-16(15)22(25)26/h5-12,23H,3-4H2,1-2H3,(H,20,24)/b19-12+. The van der Waals surface area contributed by atoms with Crippen LogP contribution < -0.4 is 10.3 Å². The molecule has 2 aromatic rings. The predicted octanol–water partition coefficient (Wildman–Crippen LogP) is 2.91. The number of hydrogen-bond donors (Lipinski definition) is 2. The van der Waals surface area contributed by atoms with Crippen molar-refractivity contribution in [1.82, 2.24) is 5.43 Å². The topological polar surface area (TPSA) is 108 Å². The molecule has 0 aromatic heterocycles. The van der Waals surface area contributed by atoms with Gasteiger partial charge in [-0.15, -0.1) is 0 Å². The van der Waals surface area contributed by atoms with E-state index in [0.717, 1.165) is 18.8 Å². The lowest BCUT2D eigenvalue weighted by molar-refractivity contribution is -0.385. The van der Waals surface area contributed by atoms with Crippen molar-refractivity contribution in [2.24, 2.45) is 5.10 Å². The Bertz CT molecular complexity index is 832. The van der Waals surface area contributed by atoms with E-state index in [9.17, 15) is 20.0 Å². The largest absolute Gasteiger partial charge is 0.507 e. The van der Waals surface area contributed by atoms with Gasteiger partial charge >= 0.3 is 0 Å². The number of benzene rings is 2. The van der Waals surface area contributed by atoms with E-state index in [2.05, 4.69) is 15.4 Å². The second-order valence-corrected chi connectivity index (χ2v) is 5.39. The molecule has 2 rings (SSSR count). The summed E-state index contributed by atoms with van der Waals surface area (Å²) in [5.41, 5.74) is 3.15. The highest BCUT2D eigenvalue weighted by atomic mass is 16.6. The fraction of sp³-hybridized carbons (Fsp3) is 0.222. The maximum absolute atomic E-state index is 12.1. The highest BCUT2D eigenvalue weighted by Gasteiger charge is 2.18. The van der Waals surface area contributed by atoms with Crippen molar-refractivity contribution in [3.05, 3.63) is 63.7 Å². The molecule has 0 aliphatic carbocycles. The van der Waals surface area contributed by atoms with Gasteiger partial charge in [0.15, 0.2) is 0 Å². The Morgan fingerprint density at radius 2 is 1.96 bits per heavy atom. The predicted molar refractivity (Wildman–Crippen MR) is 99.8 cm³/mol. The Morgan fingerprint density at radius 3 is 2.58 bits per heavy atom. The average Bonchev–Trinajstić information content (AvgIpc) is 2.64. The van der Waals surface area contributed by atoms with E-state index in [1.54, 1.807) is 12.1 Å². The van der Waals surface area contributed by atoms with Crippen LogP contribution in [0.4, 0.5) is 11.4 Å². The number of carbonyl (C=O) groups is 1. The summed E-state index contributed by atoms with van der Waals surface area (Å²) in [6, 6.07) is 10.8. The minimum absolute atomic E-state index is 0.0260. The molecular formula is C18H20N4O4. The number of nitro benzene ring substituents is 1. The fourth-order valence-electron chi connectivity index (χ4n) is 2.47. The summed E-state index contributed by atoms with van der Waals surface area (Å²) in [7, 11) is 0. The van der Waals surface area contributed by atoms with Gasteiger partial charge in [-0.25, -0.2) is 5.43 Å². The first-order valence-electron chi connectivity index (χ1n) is 8.12. The number of hydrogen-bond acceptors (Lipinski definition) is 6. The van der Waals surface area contributed by atoms with Crippen LogP contribution in [0.1, 0.15) is 29.8 Å². The van der Waals surface area contributed by atoms with Crippen molar-refractivity contribution in [1.29, 1.82) is 0 Å². The zero-order valence-corrected chi connectivity index (χ0v) is 14.5. The minimum atomic E-state index is -0.701. The maximum atomic E-state index is 12.1. The quantitative estimate of drug-likeness (QED) is 0.450. The average molecular weight is 356 g/mol. The number of nitro groups is 1. The van der Waals surface area contributed by atoms with Gasteiger partial charge in [0.1, 0.15) is 11.3 Å². The third kappa shape index (κ3) is 4.35. The number of phenolic OH excluding ortho intramolecular Hbond substituents is 1. The molecule has 0 unspecified atom stereocenters. The van der Waals surface area contributed by atoms with Gasteiger partial charge in [0.2, 0.25) is 0 Å². The van der Waals surface area contributed by atoms with Gasteiger partial charge < -0.3 is 10.0 Å². The summed E-state index contributed by atoms with van der Waals surface area (Å²) in [6.45, 7) is 5.67. The second kappa shape index (κ2) is 8.61. The highest BCUT2D eigenvalue weighted by Crippen LogP contribution is 2.23. The molecule has 0 saturated heterocycles. The van der Waals surface area contributed by atoms with E-state index in [-0.39, 0.29) is 17.0 Å². The number of aromatic hydroxyl groups is 1. The Balaban J connectivity index is 2.11. The van der Waals surface area contributed by atoms with Gasteiger partial charge in [-0.3, -0.25) is 14.9 Å². The van der Waals surface area contributed by atoms with Crippen molar-refractivity contribution in [2.45, 2.75) is 13.8 Å². The van der Waals surface area contributed by atoms with Crippen LogP contribution in [-0.4, -0.2) is 35.2 Å². The van der Waals surface area contributed by atoms with Crippen LogP contribution >= 0.6 is 0 Å². The smallest absolute Gasteiger partial charge is 0.282 e. The molecule has 2 aromatic carbocycles. The summed E-state index contributed by atoms with van der Waals surface area (Å²) < 4.78 is 0. The zero-order chi connectivity index (χ0) is 19.1. The SMILES string of the molecule is CCN(CC)c1ccc(/C=N/NC(=O)c2ccccc2[N+](=O)[O-])c(O)c1. The molecule has 0 atom stereocenters. The number of carbonyl (C=O) groups excluding carboxylic acids is 1. The monoisotopic (exact) mass is 356 g/mol. The van der Waals surface area contributed by atoms with E-state index in [4.69, 9.17) is 0 Å². The number of phenols is 1. The van der Waals surface area contributed by atoms with Crippen molar-refractivity contribution in [3.8, 4) is 5.75 Å². The number of rotatable bonds is 7. The van der Waals surface area contributed by atoms with Gasteiger partial charge in [0, 0.05) is 36.5 Å². The lowest BCUT2D eigenvalue weighted by Gasteiger charge is -2.21. The lowest BCUT2D eigenvalue weighted by Crippen LogP contribution is -2.21.